The number of hydrogen-bond acceptors (Lipinski definition) is 5. The first-order valence-corrected chi connectivity index (χ1v) is 10.8. The Bertz CT molecular complexity index is 869. The highest BCUT2D eigenvalue weighted by Gasteiger charge is 2.18. The van der Waals surface area contributed by atoms with Crippen LogP contribution in [-0.4, -0.2) is 33.0 Å². The van der Waals surface area contributed by atoms with Crippen LogP contribution in [0.15, 0.2) is 24.5 Å². The van der Waals surface area contributed by atoms with Crippen molar-refractivity contribution in [3.05, 3.63) is 46.8 Å². The molecule has 0 atom stereocenters. The molecule has 7 nitrogen and oxygen atoms in total. The van der Waals surface area contributed by atoms with Crippen LogP contribution in [0.2, 0.25) is 0 Å². The van der Waals surface area contributed by atoms with Gasteiger partial charge < -0.3 is 15.7 Å². The summed E-state index contributed by atoms with van der Waals surface area (Å²) < 4.78 is 0. The minimum atomic E-state index is -1.07. The van der Waals surface area contributed by atoms with Gasteiger partial charge in [0, 0.05) is 12.4 Å². The van der Waals surface area contributed by atoms with E-state index in [4.69, 9.17) is 0 Å². The fraction of sp³-hybridized carbons (Fsp3) is 0.478. The number of nitrogens with zero attached hydrogens (tertiary/aromatic N) is 2. The van der Waals surface area contributed by atoms with E-state index in [1.54, 1.807) is 0 Å². The Labute approximate surface area is 176 Å². The number of pyridine rings is 2. The van der Waals surface area contributed by atoms with E-state index in [9.17, 15) is 14.7 Å². The molecular weight excluding hydrogens is 380 g/mol. The quantitative estimate of drug-likeness (QED) is 0.682. The Morgan fingerprint density at radius 2 is 1.17 bits per heavy atom. The number of carbonyl (C=O) groups excluding carboxylic acids is 2. The maximum atomic E-state index is 12.2. The van der Waals surface area contributed by atoms with Crippen molar-refractivity contribution in [1.29, 1.82) is 0 Å². The molecule has 2 amide bonds. The standard InChI is InChI=1S/C23H28N4O3/c28-19(11-22(29)26-20-9-15-5-1-3-7-17(15)13-24-20)12-23(30)27-21-10-16-6-2-4-8-18(16)14-25-21/h9-10,13-14,19,28H,1-8,11-12H2,(H,24,26,29)(H,25,27,30). The Kier molecular flexibility index (Phi) is 6.38. The third-order valence-corrected chi connectivity index (χ3v) is 5.83. The minimum absolute atomic E-state index is 0.163. The highest BCUT2D eigenvalue weighted by Crippen LogP contribution is 2.23. The summed E-state index contributed by atoms with van der Waals surface area (Å²) in [6.45, 7) is 0. The second-order valence-electron chi connectivity index (χ2n) is 8.25. The Morgan fingerprint density at radius 1 is 0.767 bits per heavy atom. The summed E-state index contributed by atoms with van der Waals surface area (Å²) in [5.41, 5.74) is 4.94. The molecule has 0 aliphatic heterocycles. The molecule has 0 saturated heterocycles. The summed E-state index contributed by atoms with van der Waals surface area (Å²) in [4.78, 5) is 33.1. The van der Waals surface area contributed by atoms with Gasteiger partial charge in [0.2, 0.25) is 11.8 Å². The number of carbonyl (C=O) groups is 2. The molecule has 2 heterocycles. The largest absolute Gasteiger partial charge is 0.392 e. The first-order chi connectivity index (χ1) is 14.6. The first kappa shape index (κ1) is 20.5. The summed E-state index contributed by atoms with van der Waals surface area (Å²) in [6.07, 6.45) is 11.0. The number of aliphatic hydroxyl groups excluding tert-OH is 1. The summed E-state index contributed by atoms with van der Waals surface area (Å²) in [5, 5.41) is 15.6. The van der Waals surface area contributed by atoms with E-state index in [-0.39, 0.29) is 24.7 Å². The van der Waals surface area contributed by atoms with Gasteiger partial charge in [0.15, 0.2) is 0 Å². The van der Waals surface area contributed by atoms with Crippen LogP contribution >= 0.6 is 0 Å². The van der Waals surface area contributed by atoms with E-state index in [1.165, 1.54) is 35.1 Å². The van der Waals surface area contributed by atoms with Gasteiger partial charge in [0.1, 0.15) is 11.6 Å². The highest BCUT2D eigenvalue weighted by molar-refractivity contribution is 5.92. The fourth-order valence-corrected chi connectivity index (χ4v) is 4.25. The van der Waals surface area contributed by atoms with E-state index in [2.05, 4.69) is 20.6 Å². The minimum Gasteiger partial charge on any atom is -0.392 e. The summed E-state index contributed by atoms with van der Waals surface area (Å²) in [5.74, 6) is 0.280. The molecule has 0 aromatic carbocycles. The third kappa shape index (κ3) is 5.21. The first-order valence-electron chi connectivity index (χ1n) is 10.8. The average molecular weight is 409 g/mol. The molecule has 7 heteroatoms. The van der Waals surface area contributed by atoms with Crippen LogP contribution < -0.4 is 10.6 Å². The number of anilines is 2. The molecule has 2 aromatic heterocycles. The number of fused-ring (bicyclic) bond motifs is 2. The van der Waals surface area contributed by atoms with Crippen molar-refractivity contribution in [3.8, 4) is 0 Å². The fourth-order valence-electron chi connectivity index (χ4n) is 4.25. The molecule has 0 fully saturated rings. The molecule has 0 saturated carbocycles. The van der Waals surface area contributed by atoms with E-state index >= 15 is 0 Å². The van der Waals surface area contributed by atoms with E-state index in [1.807, 2.05) is 24.5 Å². The van der Waals surface area contributed by atoms with Gasteiger partial charge in [-0.1, -0.05) is 0 Å². The molecule has 158 valence electrons. The van der Waals surface area contributed by atoms with Gasteiger partial charge in [0.25, 0.3) is 0 Å². The van der Waals surface area contributed by atoms with Gasteiger partial charge in [-0.2, -0.15) is 0 Å². The molecule has 3 N–H and O–H groups in total. The monoisotopic (exact) mass is 408 g/mol. The van der Waals surface area contributed by atoms with Gasteiger partial charge >= 0.3 is 0 Å². The van der Waals surface area contributed by atoms with Crippen LogP contribution in [0.25, 0.3) is 0 Å². The molecule has 2 aliphatic rings. The third-order valence-electron chi connectivity index (χ3n) is 5.83. The Morgan fingerprint density at radius 3 is 1.60 bits per heavy atom. The molecule has 30 heavy (non-hydrogen) atoms. The molecule has 0 spiro atoms. The molecule has 0 bridgehead atoms. The molecule has 0 unspecified atom stereocenters. The Balaban J connectivity index is 1.26. The molecular formula is C23H28N4O3. The van der Waals surface area contributed by atoms with Crippen LogP contribution in [-0.2, 0) is 35.3 Å². The van der Waals surface area contributed by atoms with Crippen LogP contribution in [0.1, 0.15) is 60.8 Å². The van der Waals surface area contributed by atoms with Crippen molar-refractivity contribution in [3.63, 3.8) is 0 Å². The SMILES string of the molecule is O=C(CC(O)CC(=O)Nc1cc2c(cn1)CCCC2)Nc1cc2c(cn1)CCCC2. The van der Waals surface area contributed by atoms with Crippen LogP contribution in [0.3, 0.4) is 0 Å². The lowest BCUT2D eigenvalue weighted by Gasteiger charge is -2.17. The van der Waals surface area contributed by atoms with Gasteiger partial charge in [-0.25, -0.2) is 9.97 Å². The molecule has 2 aliphatic carbocycles. The zero-order valence-corrected chi connectivity index (χ0v) is 17.1. The number of hydrogen-bond donors (Lipinski definition) is 3. The molecule has 2 aromatic rings. The number of nitrogens with one attached hydrogen (secondary N) is 2. The second-order valence-corrected chi connectivity index (χ2v) is 8.25. The number of aryl methyl sites for hydroxylation is 4. The normalized spacial score (nSPS) is 15.3. The number of aromatic nitrogens is 2. The smallest absolute Gasteiger partial charge is 0.228 e. The van der Waals surface area contributed by atoms with E-state index in [0.29, 0.717) is 11.6 Å². The number of rotatable bonds is 6. The average Bonchev–Trinajstić information content (AvgIpc) is 2.73. The van der Waals surface area contributed by atoms with Gasteiger partial charge in [-0.15, -0.1) is 0 Å². The second kappa shape index (κ2) is 9.34. The Hall–Kier alpha value is -2.80. The maximum absolute atomic E-state index is 12.2. The zero-order chi connectivity index (χ0) is 20.9. The zero-order valence-electron chi connectivity index (χ0n) is 17.1. The van der Waals surface area contributed by atoms with Crippen LogP contribution in [0.4, 0.5) is 11.6 Å². The van der Waals surface area contributed by atoms with E-state index in [0.717, 1.165) is 38.5 Å². The predicted octanol–water partition coefficient (Wildman–Crippen LogP) is 2.95. The van der Waals surface area contributed by atoms with Crippen LogP contribution in [0, 0.1) is 0 Å². The molecule has 0 radical (unpaired) electrons. The van der Waals surface area contributed by atoms with Crippen molar-refractivity contribution in [2.75, 3.05) is 10.6 Å². The highest BCUT2D eigenvalue weighted by atomic mass is 16.3. The van der Waals surface area contributed by atoms with Crippen molar-refractivity contribution >= 4 is 23.5 Å². The number of amides is 2. The lowest BCUT2D eigenvalue weighted by Crippen LogP contribution is -2.25. The van der Waals surface area contributed by atoms with Crippen molar-refractivity contribution in [1.82, 2.24) is 9.97 Å². The predicted molar refractivity (Wildman–Crippen MR) is 114 cm³/mol. The number of aliphatic hydroxyl groups is 1. The lowest BCUT2D eigenvalue weighted by atomic mass is 9.93. The summed E-state index contributed by atoms with van der Waals surface area (Å²) in [7, 11) is 0. The van der Waals surface area contributed by atoms with Crippen LogP contribution in [0.5, 0.6) is 0 Å². The van der Waals surface area contributed by atoms with Gasteiger partial charge in [0.05, 0.1) is 18.9 Å². The van der Waals surface area contributed by atoms with Crippen molar-refractivity contribution in [2.45, 2.75) is 70.3 Å². The van der Waals surface area contributed by atoms with E-state index < -0.39 is 6.10 Å². The van der Waals surface area contributed by atoms with Crippen molar-refractivity contribution in [2.24, 2.45) is 0 Å². The van der Waals surface area contributed by atoms with Crippen molar-refractivity contribution < 1.29 is 14.7 Å². The van der Waals surface area contributed by atoms with Gasteiger partial charge in [-0.05, 0) is 85.8 Å². The summed E-state index contributed by atoms with van der Waals surface area (Å²) >= 11 is 0. The summed E-state index contributed by atoms with van der Waals surface area (Å²) in [6, 6.07) is 3.82. The topological polar surface area (TPSA) is 104 Å². The lowest BCUT2D eigenvalue weighted by molar-refractivity contribution is -0.120. The molecule has 4 rings (SSSR count). The van der Waals surface area contributed by atoms with Gasteiger partial charge in [-0.3, -0.25) is 9.59 Å². The maximum Gasteiger partial charge on any atom is 0.228 e.